The number of ether oxygens (including phenoxy) is 2. The van der Waals surface area contributed by atoms with E-state index in [1.165, 1.54) is 17.6 Å². The van der Waals surface area contributed by atoms with Gasteiger partial charge in [-0.2, -0.15) is 5.10 Å². The molecule has 0 radical (unpaired) electrons. The van der Waals surface area contributed by atoms with Gasteiger partial charge in [-0.15, -0.1) is 0 Å². The van der Waals surface area contributed by atoms with Gasteiger partial charge in [0.2, 0.25) is 6.10 Å². The van der Waals surface area contributed by atoms with Gasteiger partial charge in [0, 0.05) is 5.69 Å². The van der Waals surface area contributed by atoms with Crippen molar-refractivity contribution in [2.45, 2.75) is 6.10 Å². The van der Waals surface area contributed by atoms with Crippen LogP contribution in [0, 0.1) is 0 Å². The lowest BCUT2D eigenvalue weighted by atomic mass is 10.2. The molecule has 2 aromatic carbocycles. The minimum Gasteiger partial charge on any atom is -0.485 e. The van der Waals surface area contributed by atoms with Crippen molar-refractivity contribution < 1.29 is 14.3 Å². The van der Waals surface area contributed by atoms with Crippen molar-refractivity contribution in [3.63, 3.8) is 0 Å². The number of nitrogens with zero attached hydrogens (tertiary/aromatic N) is 2. The molecule has 0 spiro atoms. The summed E-state index contributed by atoms with van der Waals surface area (Å²) in [7, 11) is 0. The number of halogens is 1. The molecule has 0 fully saturated rings. The number of thiazole rings is 1. The lowest BCUT2D eigenvalue weighted by Gasteiger charge is -2.24. The Hall–Kier alpha value is -3.10. The molecule has 2 heterocycles. The molecule has 142 valence electrons. The maximum absolute atomic E-state index is 12.2. The Morgan fingerprint density at radius 3 is 2.75 bits per heavy atom. The smallest absolute Gasteiger partial charge is 0.284 e. The summed E-state index contributed by atoms with van der Waals surface area (Å²) in [5, 5.41) is 8.04. The molecule has 1 amide bonds. The van der Waals surface area contributed by atoms with Crippen molar-refractivity contribution >= 4 is 45.9 Å². The molecule has 9 heteroatoms. The Kier molecular flexibility index (Phi) is 5.41. The van der Waals surface area contributed by atoms with Crippen LogP contribution in [-0.4, -0.2) is 29.8 Å². The highest BCUT2D eigenvalue weighted by atomic mass is 35.5. The number of amides is 1. The fourth-order valence-electron chi connectivity index (χ4n) is 2.47. The molecule has 1 aliphatic rings. The van der Waals surface area contributed by atoms with E-state index >= 15 is 0 Å². The number of para-hydroxylation sites is 3. The Balaban J connectivity index is 1.35. The lowest BCUT2D eigenvalue weighted by Crippen LogP contribution is -2.42. The molecule has 3 aromatic rings. The van der Waals surface area contributed by atoms with E-state index in [1.54, 1.807) is 12.1 Å². The van der Waals surface area contributed by atoms with Gasteiger partial charge in [-0.1, -0.05) is 53.3 Å². The number of anilines is 2. The minimum absolute atomic E-state index is 0.116. The first-order valence-electron chi connectivity index (χ1n) is 8.39. The topological polar surface area (TPSA) is 84.8 Å². The van der Waals surface area contributed by atoms with E-state index in [9.17, 15) is 4.79 Å². The molecule has 0 unspecified atom stereocenters. The number of carbonyl (C=O) groups excluding carboxylic acids is 1. The van der Waals surface area contributed by atoms with Crippen LogP contribution in [0.5, 0.6) is 11.5 Å². The van der Waals surface area contributed by atoms with Gasteiger partial charge in [-0.05, 0) is 24.3 Å². The Morgan fingerprint density at radius 2 is 1.93 bits per heavy atom. The molecule has 28 heavy (non-hydrogen) atoms. The van der Waals surface area contributed by atoms with Crippen molar-refractivity contribution in [3.05, 3.63) is 64.6 Å². The normalized spacial score (nSPS) is 15.4. The maximum Gasteiger partial charge on any atom is 0.284 e. The minimum atomic E-state index is -0.778. The quantitative estimate of drug-likeness (QED) is 0.489. The lowest BCUT2D eigenvalue weighted by molar-refractivity contribution is -0.130. The van der Waals surface area contributed by atoms with Gasteiger partial charge in [0.1, 0.15) is 6.61 Å². The first-order chi connectivity index (χ1) is 13.7. The van der Waals surface area contributed by atoms with Gasteiger partial charge in [0.05, 0.1) is 11.1 Å². The molecule has 1 atom stereocenters. The summed E-state index contributed by atoms with van der Waals surface area (Å²) in [4.78, 5) is 17.1. The van der Waals surface area contributed by atoms with E-state index in [0.29, 0.717) is 26.7 Å². The molecule has 4 rings (SSSR count). The summed E-state index contributed by atoms with van der Waals surface area (Å²) < 4.78 is 11.2. The van der Waals surface area contributed by atoms with Crippen molar-refractivity contribution in [3.8, 4) is 11.5 Å². The summed E-state index contributed by atoms with van der Waals surface area (Å²) in [6, 6.07) is 16.8. The fourth-order valence-corrected chi connectivity index (χ4v) is 3.52. The number of benzene rings is 2. The first-order valence-corrected chi connectivity index (χ1v) is 9.58. The van der Waals surface area contributed by atoms with Crippen LogP contribution < -0.4 is 20.2 Å². The second-order valence-corrected chi connectivity index (χ2v) is 7.15. The molecule has 1 aromatic heterocycles. The van der Waals surface area contributed by atoms with Crippen molar-refractivity contribution in [2.24, 2.45) is 5.10 Å². The molecule has 7 nitrogen and oxygen atoms in total. The van der Waals surface area contributed by atoms with Gasteiger partial charge < -0.3 is 14.8 Å². The third-order valence-corrected chi connectivity index (χ3v) is 5.10. The van der Waals surface area contributed by atoms with E-state index in [4.69, 9.17) is 21.1 Å². The van der Waals surface area contributed by atoms with Crippen LogP contribution in [0.2, 0.25) is 5.15 Å². The summed E-state index contributed by atoms with van der Waals surface area (Å²) >= 11 is 7.46. The summed E-state index contributed by atoms with van der Waals surface area (Å²) in [5.74, 6) is 0.735. The Bertz CT molecular complexity index is 1010. The maximum atomic E-state index is 12.2. The van der Waals surface area contributed by atoms with Gasteiger partial charge in [0.15, 0.2) is 21.8 Å². The summed E-state index contributed by atoms with van der Waals surface area (Å²) in [6.07, 6.45) is 0.672. The van der Waals surface area contributed by atoms with E-state index in [1.807, 2.05) is 42.5 Å². The van der Waals surface area contributed by atoms with Crippen LogP contribution in [0.15, 0.2) is 59.7 Å². The third-order valence-electron chi connectivity index (χ3n) is 3.79. The monoisotopic (exact) mass is 414 g/mol. The summed E-state index contributed by atoms with van der Waals surface area (Å²) in [6.45, 7) is 0.116. The number of aromatic nitrogens is 1. The van der Waals surface area contributed by atoms with Crippen LogP contribution in [0.1, 0.15) is 4.88 Å². The van der Waals surface area contributed by atoms with Crippen LogP contribution >= 0.6 is 22.9 Å². The number of hydrogen-bond acceptors (Lipinski definition) is 7. The zero-order valence-electron chi connectivity index (χ0n) is 14.5. The Labute approximate surface area is 170 Å². The SMILES string of the molecule is O=C(N/N=C/c1sc(Nc2ccccc2)nc1Cl)[C@H]1COc2ccccc2O1. The second kappa shape index (κ2) is 8.28. The number of nitrogens with one attached hydrogen (secondary N) is 2. The van der Waals surface area contributed by atoms with Gasteiger partial charge in [-0.25, -0.2) is 10.4 Å². The van der Waals surface area contributed by atoms with E-state index in [0.717, 1.165) is 5.69 Å². The number of hydrogen-bond donors (Lipinski definition) is 2. The predicted molar refractivity (Wildman–Crippen MR) is 109 cm³/mol. The number of hydrazone groups is 1. The highest BCUT2D eigenvalue weighted by Crippen LogP contribution is 2.31. The number of fused-ring (bicyclic) bond motifs is 1. The van der Waals surface area contributed by atoms with E-state index in [-0.39, 0.29) is 6.61 Å². The average molecular weight is 415 g/mol. The van der Waals surface area contributed by atoms with Crippen LogP contribution in [0.4, 0.5) is 10.8 Å². The molecular formula is C19H15ClN4O3S. The highest BCUT2D eigenvalue weighted by Gasteiger charge is 2.27. The average Bonchev–Trinajstić information content (AvgIpc) is 3.07. The predicted octanol–water partition coefficient (Wildman–Crippen LogP) is 3.83. The third kappa shape index (κ3) is 4.24. The second-order valence-electron chi connectivity index (χ2n) is 5.76. The zero-order valence-corrected chi connectivity index (χ0v) is 16.0. The number of rotatable bonds is 5. The summed E-state index contributed by atoms with van der Waals surface area (Å²) in [5.41, 5.74) is 3.35. The molecule has 0 aliphatic carbocycles. The largest absolute Gasteiger partial charge is 0.485 e. The highest BCUT2D eigenvalue weighted by molar-refractivity contribution is 7.17. The molecule has 2 N–H and O–H groups in total. The molecular weight excluding hydrogens is 400 g/mol. The number of carbonyl (C=O) groups is 1. The zero-order chi connectivity index (χ0) is 19.3. The fraction of sp³-hybridized carbons (Fsp3) is 0.105. The van der Waals surface area contributed by atoms with Crippen molar-refractivity contribution in [1.82, 2.24) is 10.4 Å². The van der Waals surface area contributed by atoms with Crippen LogP contribution in [0.3, 0.4) is 0 Å². The molecule has 0 saturated heterocycles. The van der Waals surface area contributed by atoms with E-state index in [2.05, 4.69) is 20.8 Å². The molecule has 0 bridgehead atoms. The molecule has 1 aliphatic heterocycles. The standard InChI is InChI=1S/C19H15ClN4O3S/c20-17-16(28-19(23-17)22-12-6-2-1-3-7-12)10-21-24-18(25)15-11-26-13-8-4-5-9-14(13)27-15/h1-10,15H,11H2,(H,22,23)(H,24,25)/b21-10+/t15-/m1/s1. The van der Waals surface area contributed by atoms with Gasteiger partial charge >= 0.3 is 0 Å². The van der Waals surface area contributed by atoms with Crippen molar-refractivity contribution in [2.75, 3.05) is 11.9 Å². The van der Waals surface area contributed by atoms with Crippen molar-refractivity contribution in [1.29, 1.82) is 0 Å². The van der Waals surface area contributed by atoms with Crippen LogP contribution in [0.25, 0.3) is 0 Å². The first kappa shape index (κ1) is 18.3. The van der Waals surface area contributed by atoms with Crippen LogP contribution in [-0.2, 0) is 4.79 Å². The van der Waals surface area contributed by atoms with Gasteiger partial charge in [0.25, 0.3) is 5.91 Å². The Morgan fingerprint density at radius 1 is 1.18 bits per heavy atom. The van der Waals surface area contributed by atoms with E-state index < -0.39 is 12.0 Å². The molecule has 0 saturated carbocycles. The van der Waals surface area contributed by atoms with Gasteiger partial charge in [-0.3, -0.25) is 4.79 Å².